The van der Waals surface area contributed by atoms with Gasteiger partial charge in [-0.2, -0.15) is 10.4 Å². The van der Waals surface area contributed by atoms with Crippen molar-refractivity contribution in [3.05, 3.63) is 41.6 Å². The number of sulfonamides is 1. The molecule has 2 rings (SSSR count). The van der Waals surface area contributed by atoms with Crippen molar-refractivity contribution in [1.82, 2.24) is 9.78 Å². The Bertz CT molecular complexity index is 917. The first kappa shape index (κ1) is 16.5. The van der Waals surface area contributed by atoms with Gasteiger partial charge in [-0.05, 0) is 12.1 Å². The number of hydrogen-bond acceptors (Lipinski definition) is 5. The largest absolute Gasteiger partial charge is 0.321 e. The summed E-state index contributed by atoms with van der Waals surface area (Å²) in [6.07, 6.45) is 0. The molecule has 120 valence electrons. The number of halogens is 2. The summed E-state index contributed by atoms with van der Waals surface area (Å²) < 4.78 is 49.3. The van der Waals surface area contributed by atoms with Crippen molar-refractivity contribution >= 4 is 21.6 Å². The van der Waals surface area contributed by atoms with E-state index in [4.69, 9.17) is 10.4 Å². The van der Waals surface area contributed by atoms with E-state index in [9.17, 15) is 22.0 Å². The first-order valence-electron chi connectivity index (χ1n) is 5.96. The minimum atomic E-state index is -4.17. The molecule has 0 spiro atoms. The van der Waals surface area contributed by atoms with E-state index in [0.29, 0.717) is 0 Å². The Morgan fingerprint density at radius 1 is 1.35 bits per heavy atom. The molecule has 0 radical (unpaired) electrons. The number of rotatable bonds is 4. The molecule has 1 aromatic heterocycles. The summed E-state index contributed by atoms with van der Waals surface area (Å²) in [6.45, 7) is -0.407. The molecule has 0 saturated carbocycles. The van der Waals surface area contributed by atoms with Crippen LogP contribution in [-0.2, 0) is 16.6 Å². The van der Waals surface area contributed by atoms with E-state index in [1.807, 2.05) is 0 Å². The van der Waals surface area contributed by atoms with Crippen molar-refractivity contribution in [3.8, 4) is 6.07 Å². The summed E-state index contributed by atoms with van der Waals surface area (Å²) in [6, 6.07) is 5.25. The standard InChI is InChI=1S/C12H9F2N5O3S/c13-8-2-1-7(5-9(8)14)17-12(20)10-6-11(23(16,21)22)18-19(10)4-3-15/h1-2,5-6H,4H2,(H,17,20)(H2,16,21,22). The number of nitrogens with one attached hydrogen (secondary N) is 1. The quantitative estimate of drug-likeness (QED) is 0.840. The zero-order chi connectivity index (χ0) is 17.2. The third-order valence-corrected chi connectivity index (χ3v) is 3.46. The lowest BCUT2D eigenvalue weighted by atomic mass is 10.3. The topological polar surface area (TPSA) is 131 Å². The molecule has 0 aliphatic heterocycles. The average Bonchev–Trinajstić information content (AvgIpc) is 2.87. The zero-order valence-corrected chi connectivity index (χ0v) is 12.1. The Labute approximate surface area is 129 Å². The Kier molecular flexibility index (Phi) is 4.39. The number of nitrogens with two attached hydrogens (primary N) is 1. The summed E-state index contributed by atoms with van der Waals surface area (Å²) in [4.78, 5) is 12.1. The van der Waals surface area contributed by atoms with Gasteiger partial charge in [0.2, 0.25) is 0 Å². The number of nitriles is 1. The van der Waals surface area contributed by atoms with Gasteiger partial charge in [0.25, 0.3) is 15.9 Å². The van der Waals surface area contributed by atoms with Crippen LogP contribution >= 0.6 is 0 Å². The molecular weight excluding hydrogens is 332 g/mol. The van der Waals surface area contributed by atoms with Gasteiger partial charge in [0.05, 0.1) is 6.07 Å². The maximum Gasteiger partial charge on any atom is 0.274 e. The molecule has 0 unspecified atom stereocenters. The van der Waals surface area contributed by atoms with Gasteiger partial charge in [0, 0.05) is 17.8 Å². The van der Waals surface area contributed by atoms with Crippen LogP contribution < -0.4 is 10.5 Å². The highest BCUT2D eigenvalue weighted by Crippen LogP contribution is 2.15. The van der Waals surface area contributed by atoms with E-state index in [1.165, 1.54) is 0 Å². The number of nitrogens with zero attached hydrogens (tertiary/aromatic N) is 3. The number of anilines is 1. The van der Waals surface area contributed by atoms with Crippen LogP contribution in [0.2, 0.25) is 0 Å². The average molecular weight is 341 g/mol. The molecule has 0 bridgehead atoms. The van der Waals surface area contributed by atoms with E-state index in [1.54, 1.807) is 6.07 Å². The fourth-order valence-corrected chi connectivity index (χ4v) is 2.16. The van der Waals surface area contributed by atoms with Crippen molar-refractivity contribution < 1.29 is 22.0 Å². The minimum absolute atomic E-state index is 0.0595. The Morgan fingerprint density at radius 2 is 2.04 bits per heavy atom. The Morgan fingerprint density at radius 3 is 2.61 bits per heavy atom. The highest BCUT2D eigenvalue weighted by molar-refractivity contribution is 7.89. The molecule has 0 aliphatic rings. The predicted octanol–water partition coefficient (Wildman–Crippen LogP) is 0.585. The number of hydrogen-bond donors (Lipinski definition) is 2. The number of carbonyl (C=O) groups is 1. The third kappa shape index (κ3) is 3.68. The second-order valence-corrected chi connectivity index (χ2v) is 5.82. The lowest BCUT2D eigenvalue weighted by Gasteiger charge is -2.06. The summed E-state index contributed by atoms with van der Waals surface area (Å²) in [7, 11) is -4.17. The molecule has 1 amide bonds. The lowest BCUT2D eigenvalue weighted by molar-refractivity contribution is 0.101. The van der Waals surface area contributed by atoms with Crippen molar-refractivity contribution in [3.63, 3.8) is 0 Å². The molecule has 0 aliphatic carbocycles. The molecule has 2 aromatic rings. The van der Waals surface area contributed by atoms with E-state index in [0.717, 1.165) is 28.9 Å². The van der Waals surface area contributed by atoms with E-state index in [2.05, 4.69) is 10.4 Å². The monoisotopic (exact) mass is 341 g/mol. The Balaban J connectivity index is 2.36. The normalized spacial score (nSPS) is 11.0. The maximum absolute atomic E-state index is 13.1. The predicted molar refractivity (Wildman–Crippen MR) is 73.5 cm³/mol. The molecule has 23 heavy (non-hydrogen) atoms. The zero-order valence-electron chi connectivity index (χ0n) is 11.3. The molecule has 0 fully saturated rings. The molecule has 3 N–H and O–H groups in total. The van der Waals surface area contributed by atoms with Gasteiger partial charge in [0.15, 0.2) is 16.7 Å². The third-order valence-electron chi connectivity index (χ3n) is 2.68. The SMILES string of the molecule is N#CCn1nc(S(N)(=O)=O)cc1C(=O)Nc1ccc(F)c(F)c1. The van der Waals surface area contributed by atoms with E-state index < -0.39 is 39.1 Å². The van der Waals surface area contributed by atoms with Gasteiger partial charge in [-0.1, -0.05) is 0 Å². The van der Waals surface area contributed by atoms with E-state index in [-0.39, 0.29) is 11.4 Å². The summed E-state index contributed by atoms with van der Waals surface area (Å²) in [5, 5.41) is 18.8. The van der Waals surface area contributed by atoms with Crippen LogP contribution in [-0.4, -0.2) is 24.1 Å². The van der Waals surface area contributed by atoms with Gasteiger partial charge in [-0.3, -0.25) is 4.79 Å². The summed E-state index contributed by atoms with van der Waals surface area (Å²) in [5.41, 5.74) is -0.337. The number of amides is 1. The smallest absolute Gasteiger partial charge is 0.274 e. The summed E-state index contributed by atoms with van der Waals surface area (Å²) >= 11 is 0. The molecular formula is C12H9F2N5O3S. The van der Waals surface area contributed by atoms with Gasteiger partial charge in [0.1, 0.15) is 12.2 Å². The van der Waals surface area contributed by atoms with Crippen molar-refractivity contribution in [2.45, 2.75) is 11.6 Å². The number of carbonyl (C=O) groups excluding carboxylic acids is 1. The minimum Gasteiger partial charge on any atom is -0.321 e. The van der Waals surface area contributed by atoms with Crippen molar-refractivity contribution in [1.29, 1.82) is 5.26 Å². The van der Waals surface area contributed by atoms with Crippen molar-refractivity contribution in [2.24, 2.45) is 5.14 Å². The second kappa shape index (κ2) is 6.11. The lowest BCUT2D eigenvalue weighted by Crippen LogP contribution is -2.17. The second-order valence-electron chi connectivity index (χ2n) is 4.31. The Hall–Kier alpha value is -2.84. The molecule has 11 heteroatoms. The van der Waals surface area contributed by atoms with Crippen LogP contribution in [0, 0.1) is 23.0 Å². The van der Waals surface area contributed by atoms with Crippen LogP contribution in [0.4, 0.5) is 14.5 Å². The van der Waals surface area contributed by atoms with Gasteiger partial charge in [-0.25, -0.2) is 27.0 Å². The van der Waals surface area contributed by atoms with Crippen LogP contribution in [0.15, 0.2) is 29.3 Å². The van der Waals surface area contributed by atoms with E-state index >= 15 is 0 Å². The molecule has 0 saturated heterocycles. The highest BCUT2D eigenvalue weighted by atomic mass is 32.2. The molecule has 1 heterocycles. The van der Waals surface area contributed by atoms with Gasteiger partial charge in [-0.15, -0.1) is 0 Å². The first-order chi connectivity index (χ1) is 10.7. The number of benzene rings is 1. The number of primary sulfonamides is 1. The van der Waals surface area contributed by atoms with Gasteiger partial charge >= 0.3 is 0 Å². The maximum atomic E-state index is 13.1. The van der Waals surface area contributed by atoms with Crippen LogP contribution in [0.25, 0.3) is 0 Å². The van der Waals surface area contributed by atoms with Gasteiger partial charge < -0.3 is 5.32 Å². The number of aromatic nitrogens is 2. The fraction of sp³-hybridized carbons (Fsp3) is 0.0833. The van der Waals surface area contributed by atoms with Crippen LogP contribution in [0.1, 0.15) is 10.5 Å². The molecule has 8 nitrogen and oxygen atoms in total. The summed E-state index contributed by atoms with van der Waals surface area (Å²) in [5.74, 6) is -3.12. The molecule has 0 atom stereocenters. The van der Waals surface area contributed by atoms with Crippen LogP contribution in [0.3, 0.4) is 0 Å². The van der Waals surface area contributed by atoms with Crippen molar-refractivity contribution in [2.75, 3.05) is 5.32 Å². The first-order valence-corrected chi connectivity index (χ1v) is 7.51. The van der Waals surface area contributed by atoms with Crippen LogP contribution in [0.5, 0.6) is 0 Å². The highest BCUT2D eigenvalue weighted by Gasteiger charge is 2.21. The molecule has 1 aromatic carbocycles. The fourth-order valence-electron chi connectivity index (χ4n) is 1.67.